The van der Waals surface area contributed by atoms with Crippen molar-refractivity contribution < 1.29 is 36.6 Å². The second-order valence-corrected chi connectivity index (χ2v) is 5.36. The molecular formula is C13H9ClF5NO3. The Morgan fingerprint density at radius 3 is 2.09 bits per heavy atom. The zero-order chi connectivity index (χ0) is 17.5. The van der Waals surface area contributed by atoms with Crippen molar-refractivity contribution in [1.82, 2.24) is 4.98 Å². The third-order valence-corrected chi connectivity index (χ3v) is 3.85. The van der Waals surface area contributed by atoms with E-state index in [0.717, 1.165) is 0 Å². The van der Waals surface area contributed by atoms with Crippen molar-refractivity contribution in [3.8, 4) is 0 Å². The molecule has 1 aromatic rings. The number of aromatic nitrogens is 1. The molecule has 1 heterocycles. The summed E-state index contributed by atoms with van der Waals surface area (Å²) in [5, 5.41) is 7.58. The summed E-state index contributed by atoms with van der Waals surface area (Å²) in [6.07, 6.45) is -7.63. The summed E-state index contributed by atoms with van der Waals surface area (Å²) in [6, 6.07) is 0. The lowest BCUT2D eigenvalue weighted by atomic mass is 9.75. The minimum Gasteiger partial charge on any atom is -0.478 e. The van der Waals surface area contributed by atoms with Crippen molar-refractivity contribution in [3.63, 3.8) is 0 Å². The average molecular weight is 358 g/mol. The summed E-state index contributed by atoms with van der Waals surface area (Å²) in [5.74, 6) is -2.62. The predicted molar refractivity (Wildman–Crippen MR) is 67.9 cm³/mol. The lowest BCUT2D eigenvalue weighted by molar-refractivity contribution is -0.141. The Kier molecular flexibility index (Phi) is 4.61. The number of carboxylic acids is 1. The van der Waals surface area contributed by atoms with E-state index in [2.05, 4.69) is 4.98 Å². The summed E-state index contributed by atoms with van der Waals surface area (Å²) in [4.78, 5) is 25.5. The van der Waals surface area contributed by atoms with Gasteiger partial charge in [0.15, 0.2) is 5.69 Å². The number of rotatable bonds is 4. The molecule has 1 aromatic heterocycles. The molecule has 1 aliphatic rings. The van der Waals surface area contributed by atoms with Crippen LogP contribution in [-0.4, -0.2) is 21.3 Å². The molecule has 10 heteroatoms. The van der Waals surface area contributed by atoms with Gasteiger partial charge in [-0.1, -0.05) is 6.42 Å². The van der Waals surface area contributed by atoms with Crippen LogP contribution in [0.5, 0.6) is 0 Å². The fourth-order valence-corrected chi connectivity index (χ4v) is 2.71. The van der Waals surface area contributed by atoms with Crippen LogP contribution in [0.1, 0.15) is 69.3 Å². The van der Waals surface area contributed by atoms with Crippen LogP contribution in [-0.2, 0) is 6.18 Å². The largest absolute Gasteiger partial charge is 0.478 e. The van der Waals surface area contributed by atoms with Crippen molar-refractivity contribution in [2.75, 3.05) is 0 Å². The van der Waals surface area contributed by atoms with Gasteiger partial charge in [0, 0.05) is 0 Å². The predicted octanol–water partition coefficient (Wildman–Crippen LogP) is 4.38. The summed E-state index contributed by atoms with van der Waals surface area (Å²) in [7, 11) is 0. The smallest absolute Gasteiger partial charge is 0.434 e. The Bertz CT molecular complexity index is 671. The van der Waals surface area contributed by atoms with Gasteiger partial charge >= 0.3 is 12.1 Å². The highest BCUT2D eigenvalue weighted by Gasteiger charge is 2.44. The summed E-state index contributed by atoms with van der Waals surface area (Å²) < 4.78 is 65.3. The van der Waals surface area contributed by atoms with Gasteiger partial charge in [0.05, 0.1) is 11.1 Å². The van der Waals surface area contributed by atoms with Crippen LogP contribution in [0, 0.1) is 0 Å². The number of hydrogen-bond acceptors (Lipinski definition) is 3. The second-order valence-electron chi connectivity index (χ2n) is 5.01. The third-order valence-electron chi connectivity index (χ3n) is 3.66. The van der Waals surface area contributed by atoms with Crippen molar-refractivity contribution in [2.24, 2.45) is 0 Å². The molecule has 126 valence electrons. The molecular weight excluding hydrogens is 349 g/mol. The number of alkyl halides is 5. The van der Waals surface area contributed by atoms with Crippen LogP contribution in [0.4, 0.5) is 22.0 Å². The monoisotopic (exact) mass is 357 g/mol. The van der Waals surface area contributed by atoms with E-state index >= 15 is 0 Å². The molecule has 4 nitrogen and oxygen atoms in total. The molecule has 0 bridgehead atoms. The number of carbonyl (C=O) groups excluding carboxylic acids is 1. The fraction of sp³-hybridized carbons (Fsp3) is 0.462. The van der Waals surface area contributed by atoms with Gasteiger partial charge in [-0.2, -0.15) is 13.2 Å². The van der Waals surface area contributed by atoms with Crippen LogP contribution < -0.4 is 0 Å². The quantitative estimate of drug-likeness (QED) is 0.641. The van der Waals surface area contributed by atoms with Gasteiger partial charge < -0.3 is 5.11 Å². The fourth-order valence-electron chi connectivity index (χ4n) is 2.51. The van der Waals surface area contributed by atoms with Crippen LogP contribution in [0.15, 0.2) is 0 Å². The molecule has 0 spiro atoms. The Morgan fingerprint density at radius 2 is 1.78 bits per heavy atom. The van der Waals surface area contributed by atoms with Gasteiger partial charge in [0.2, 0.25) is 0 Å². The minimum atomic E-state index is -5.22. The van der Waals surface area contributed by atoms with Gasteiger partial charge in [-0.15, -0.1) is 0 Å². The van der Waals surface area contributed by atoms with Crippen molar-refractivity contribution in [3.05, 3.63) is 28.1 Å². The number of pyridine rings is 1. The molecule has 1 fully saturated rings. The maximum absolute atomic E-state index is 13.1. The minimum absolute atomic E-state index is 0.279. The molecule has 23 heavy (non-hydrogen) atoms. The van der Waals surface area contributed by atoms with Gasteiger partial charge in [-0.25, -0.2) is 18.6 Å². The van der Waals surface area contributed by atoms with Gasteiger partial charge in [0.1, 0.15) is 5.69 Å². The average Bonchev–Trinajstić information content (AvgIpc) is 2.33. The van der Waals surface area contributed by atoms with Gasteiger partial charge in [0.25, 0.3) is 11.7 Å². The lowest BCUT2D eigenvalue weighted by Crippen LogP contribution is -2.25. The Balaban J connectivity index is 2.94. The normalized spacial score (nSPS) is 15.6. The molecule has 2 rings (SSSR count). The maximum atomic E-state index is 13.1. The zero-order valence-corrected chi connectivity index (χ0v) is 12.0. The van der Waals surface area contributed by atoms with E-state index in [1.807, 2.05) is 0 Å². The molecule has 1 aliphatic carbocycles. The summed E-state index contributed by atoms with van der Waals surface area (Å²) >= 11 is 5.19. The van der Waals surface area contributed by atoms with Crippen molar-refractivity contribution in [1.29, 1.82) is 0 Å². The maximum Gasteiger partial charge on any atom is 0.434 e. The van der Waals surface area contributed by atoms with Crippen molar-refractivity contribution in [2.45, 2.75) is 37.8 Å². The lowest BCUT2D eigenvalue weighted by Gasteiger charge is -2.30. The highest BCUT2D eigenvalue weighted by atomic mass is 35.5. The first-order valence-electron chi connectivity index (χ1n) is 6.42. The number of nitrogens with zero attached hydrogens (tertiary/aromatic N) is 1. The molecule has 0 saturated heterocycles. The SMILES string of the molecule is O=C(O)c1c(C(F)F)nc(C(F)(F)F)c(C(=O)Cl)c1C1CCC1. The standard InChI is InChI=1S/C13H9ClF5NO3/c14-10(21)7-5(4-2-1-3-4)6(12(22)23)8(11(15)16)20-9(7)13(17,18)19/h4,11H,1-3H2,(H,22,23). The first-order valence-corrected chi connectivity index (χ1v) is 6.79. The number of aromatic carboxylic acids is 1. The van der Waals surface area contributed by atoms with Crippen LogP contribution in [0.3, 0.4) is 0 Å². The summed E-state index contributed by atoms with van der Waals surface area (Å²) in [5.41, 5.74) is -6.19. The van der Waals surface area contributed by atoms with Crippen LogP contribution in [0.25, 0.3) is 0 Å². The van der Waals surface area contributed by atoms with Gasteiger partial charge in [-0.05, 0) is 35.9 Å². The Labute approximate surface area is 131 Å². The number of hydrogen-bond donors (Lipinski definition) is 1. The first-order chi connectivity index (χ1) is 10.6. The second kappa shape index (κ2) is 6.03. The van der Waals surface area contributed by atoms with E-state index in [9.17, 15) is 31.5 Å². The van der Waals surface area contributed by atoms with E-state index < -0.39 is 57.8 Å². The molecule has 0 amide bonds. The zero-order valence-electron chi connectivity index (χ0n) is 11.3. The van der Waals surface area contributed by atoms with Crippen LogP contribution >= 0.6 is 11.6 Å². The summed E-state index contributed by atoms with van der Waals surface area (Å²) in [6.45, 7) is 0. The van der Waals surface area contributed by atoms with E-state index in [1.165, 1.54) is 0 Å². The first kappa shape index (κ1) is 17.6. The molecule has 0 unspecified atom stereocenters. The van der Waals surface area contributed by atoms with E-state index in [4.69, 9.17) is 16.7 Å². The van der Waals surface area contributed by atoms with E-state index in [-0.39, 0.29) is 12.8 Å². The molecule has 0 radical (unpaired) electrons. The number of carboxylic acid groups (broad SMARTS) is 1. The molecule has 1 saturated carbocycles. The third kappa shape index (κ3) is 3.15. The molecule has 0 aliphatic heterocycles. The Hall–Kier alpha value is -1.77. The number of halogens is 6. The van der Waals surface area contributed by atoms with Gasteiger partial charge in [-0.3, -0.25) is 4.79 Å². The topological polar surface area (TPSA) is 67.3 Å². The van der Waals surface area contributed by atoms with E-state index in [1.54, 1.807) is 0 Å². The highest BCUT2D eigenvalue weighted by Crippen LogP contribution is 2.45. The number of carbonyl (C=O) groups is 2. The van der Waals surface area contributed by atoms with E-state index in [0.29, 0.717) is 6.42 Å². The molecule has 0 aromatic carbocycles. The van der Waals surface area contributed by atoms with Crippen LogP contribution in [0.2, 0.25) is 0 Å². The Morgan fingerprint density at radius 1 is 1.22 bits per heavy atom. The highest BCUT2D eigenvalue weighted by molar-refractivity contribution is 6.68. The molecule has 0 atom stereocenters. The molecule has 1 N–H and O–H groups in total. The van der Waals surface area contributed by atoms with Crippen molar-refractivity contribution >= 4 is 22.8 Å².